The summed E-state index contributed by atoms with van der Waals surface area (Å²) in [6.45, 7) is 0. The average Bonchev–Trinajstić information content (AvgIpc) is 3.90. The molecule has 2 aromatic heterocycles. The lowest BCUT2D eigenvalue weighted by molar-refractivity contribution is 0.669. The molecule has 3 heteroatoms. The monoisotopic (exact) mass is 804 g/mol. The van der Waals surface area contributed by atoms with E-state index in [1.165, 1.54) is 49.6 Å². The molecule has 0 saturated carbocycles. The van der Waals surface area contributed by atoms with Gasteiger partial charge in [0.25, 0.3) is 0 Å². The van der Waals surface area contributed by atoms with Gasteiger partial charge in [0.15, 0.2) is 0 Å². The number of aromatic nitrogens is 1. The second kappa shape index (κ2) is 15.3. The summed E-state index contributed by atoms with van der Waals surface area (Å²) >= 11 is 0. The first kappa shape index (κ1) is 36.5. The van der Waals surface area contributed by atoms with Crippen molar-refractivity contribution in [2.75, 3.05) is 4.90 Å². The molecule has 63 heavy (non-hydrogen) atoms. The summed E-state index contributed by atoms with van der Waals surface area (Å²) in [6.07, 6.45) is 0. The molecule has 296 valence electrons. The van der Waals surface area contributed by atoms with E-state index in [4.69, 9.17) is 4.42 Å². The van der Waals surface area contributed by atoms with Crippen LogP contribution >= 0.6 is 0 Å². The van der Waals surface area contributed by atoms with Crippen molar-refractivity contribution in [3.05, 3.63) is 243 Å². The quantitative estimate of drug-likeness (QED) is 0.153. The van der Waals surface area contributed by atoms with Crippen LogP contribution in [0.25, 0.3) is 93.9 Å². The molecule has 12 rings (SSSR count). The van der Waals surface area contributed by atoms with Crippen LogP contribution in [0.15, 0.2) is 247 Å². The van der Waals surface area contributed by atoms with Gasteiger partial charge in [-0.3, -0.25) is 0 Å². The zero-order valence-corrected chi connectivity index (χ0v) is 34.4. The maximum Gasteiger partial charge on any atom is 0.135 e. The molecule has 0 atom stereocenters. The molecule has 0 fully saturated rings. The molecule has 0 N–H and O–H groups in total. The minimum absolute atomic E-state index is 0.902. The van der Waals surface area contributed by atoms with Crippen molar-refractivity contribution in [2.24, 2.45) is 0 Å². The molecule has 0 spiro atoms. The first-order valence-corrected chi connectivity index (χ1v) is 21.5. The molecule has 0 aliphatic heterocycles. The number of anilines is 3. The van der Waals surface area contributed by atoms with Crippen molar-refractivity contribution in [3.8, 4) is 50.2 Å². The lowest BCUT2D eigenvalue weighted by Crippen LogP contribution is -2.10. The summed E-state index contributed by atoms with van der Waals surface area (Å²) in [7, 11) is 0. The van der Waals surface area contributed by atoms with Gasteiger partial charge in [0, 0.05) is 44.3 Å². The molecule has 0 radical (unpaired) electrons. The summed E-state index contributed by atoms with van der Waals surface area (Å²) in [5, 5.41) is 4.74. The lowest BCUT2D eigenvalue weighted by atomic mass is 9.99. The Morgan fingerprint density at radius 2 is 0.730 bits per heavy atom. The molecule has 12 aromatic rings. The highest BCUT2D eigenvalue weighted by Gasteiger charge is 2.17. The fourth-order valence-corrected chi connectivity index (χ4v) is 9.28. The number of nitrogens with zero attached hydrogens (tertiary/aromatic N) is 2. The van der Waals surface area contributed by atoms with Gasteiger partial charge >= 0.3 is 0 Å². The van der Waals surface area contributed by atoms with Gasteiger partial charge in [-0.25, -0.2) is 0 Å². The third-order valence-corrected chi connectivity index (χ3v) is 12.4. The van der Waals surface area contributed by atoms with Crippen LogP contribution in [-0.2, 0) is 0 Å². The predicted octanol–water partition coefficient (Wildman–Crippen LogP) is 16.8. The molecule has 2 heterocycles. The van der Waals surface area contributed by atoms with Crippen LogP contribution < -0.4 is 4.90 Å². The van der Waals surface area contributed by atoms with Crippen LogP contribution in [-0.4, -0.2) is 4.57 Å². The second-order valence-electron chi connectivity index (χ2n) is 16.2. The van der Waals surface area contributed by atoms with Crippen LogP contribution in [0.2, 0.25) is 0 Å². The van der Waals surface area contributed by atoms with Gasteiger partial charge in [-0.05, 0) is 129 Å². The van der Waals surface area contributed by atoms with Crippen LogP contribution in [0.1, 0.15) is 0 Å². The van der Waals surface area contributed by atoms with Gasteiger partial charge in [-0.15, -0.1) is 0 Å². The molecule has 3 nitrogen and oxygen atoms in total. The Labute approximate surface area is 366 Å². The van der Waals surface area contributed by atoms with E-state index < -0.39 is 0 Å². The number of hydrogen-bond acceptors (Lipinski definition) is 2. The van der Waals surface area contributed by atoms with Crippen molar-refractivity contribution in [1.29, 1.82) is 0 Å². The third-order valence-electron chi connectivity index (χ3n) is 12.4. The van der Waals surface area contributed by atoms with Crippen LogP contribution in [0, 0.1) is 0 Å². The van der Waals surface area contributed by atoms with Crippen LogP contribution in [0.5, 0.6) is 0 Å². The Morgan fingerprint density at radius 3 is 1.44 bits per heavy atom. The van der Waals surface area contributed by atoms with E-state index in [1.54, 1.807) is 0 Å². The fraction of sp³-hybridized carbons (Fsp3) is 0. The van der Waals surface area contributed by atoms with E-state index in [2.05, 4.69) is 240 Å². The van der Waals surface area contributed by atoms with Gasteiger partial charge in [0.05, 0.1) is 11.0 Å². The Kier molecular flexibility index (Phi) is 8.83. The number of hydrogen-bond donors (Lipinski definition) is 0. The van der Waals surface area contributed by atoms with Crippen molar-refractivity contribution in [3.63, 3.8) is 0 Å². The molecular weight excluding hydrogens is 765 g/mol. The SMILES string of the molecule is c1ccc(-c2ccc(-c3ccc(N(c4ccc(-c5ccc6oc7ccccc7c6c5)cc4)c4cccc(-c5ccc6c(c5)c5ccccc5n6-c5ccccc5)c4)cc3)cc2)cc1. The second-order valence-corrected chi connectivity index (χ2v) is 16.2. The first-order chi connectivity index (χ1) is 31.2. The molecule has 0 unspecified atom stereocenters. The summed E-state index contributed by atoms with van der Waals surface area (Å²) in [6, 6.07) is 87.2. The van der Waals surface area contributed by atoms with Gasteiger partial charge in [0.1, 0.15) is 11.2 Å². The summed E-state index contributed by atoms with van der Waals surface area (Å²) in [4.78, 5) is 2.36. The molecule has 0 saturated heterocycles. The number of fused-ring (bicyclic) bond motifs is 6. The largest absolute Gasteiger partial charge is 0.456 e. The molecule has 0 aliphatic carbocycles. The number of furan rings is 1. The van der Waals surface area contributed by atoms with Gasteiger partial charge in [-0.2, -0.15) is 0 Å². The Morgan fingerprint density at radius 1 is 0.270 bits per heavy atom. The number of benzene rings is 10. The van der Waals surface area contributed by atoms with Crippen molar-refractivity contribution < 1.29 is 4.42 Å². The van der Waals surface area contributed by atoms with Crippen molar-refractivity contribution >= 4 is 60.8 Å². The first-order valence-electron chi connectivity index (χ1n) is 21.5. The maximum atomic E-state index is 6.15. The van der Waals surface area contributed by atoms with E-state index in [-0.39, 0.29) is 0 Å². The van der Waals surface area contributed by atoms with Gasteiger partial charge in [-0.1, -0.05) is 158 Å². The Bertz CT molecular complexity index is 3580. The minimum atomic E-state index is 0.902. The molecular formula is C60H40N2O. The molecule has 0 bridgehead atoms. The van der Waals surface area contributed by atoms with E-state index >= 15 is 0 Å². The smallest absolute Gasteiger partial charge is 0.135 e. The lowest BCUT2D eigenvalue weighted by Gasteiger charge is -2.26. The van der Waals surface area contributed by atoms with E-state index in [0.717, 1.165) is 61.4 Å². The number of rotatable bonds is 8. The standard InChI is InChI=1S/C60H40N2O/c1-3-12-41(13-4-1)42-22-24-43(25-23-42)44-26-32-50(33-27-44)61(51-34-28-45(29-35-51)47-31-37-60-56(40-47)54-19-8-10-21-59(54)63-60)52-17-11-14-46(38-52)48-30-36-58-55(39-48)53-18-7-9-20-57(53)62(58)49-15-5-2-6-16-49/h1-40H. The zero-order chi connectivity index (χ0) is 41.7. The average molecular weight is 805 g/mol. The third kappa shape index (κ3) is 6.55. The van der Waals surface area contributed by atoms with Crippen molar-refractivity contribution in [2.45, 2.75) is 0 Å². The summed E-state index contributed by atoms with van der Waals surface area (Å²) in [5.74, 6) is 0. The minimum Gasteiger partial charge on any atom is -0.456 e. The molecule has 10 aromatic carbocycles. The topological polar surface area (TPSA) is 21.3 Å². The molecule has 0 aliphatic rings. The van der Waals surface area contributed by atoms with Crippen LogP contribution in [0.4, 0.5) is 17.1 Å². The van der Waals surface area contributed by atoms with E-state index in [9.17, 15) is 0 Å². The highest BCUT2D eigenvalue weighted by Crippen LogP contribution is 2.41. The zero-order valence-electron chi connectivity index (χ0n) is 34.4. The summed E-state index contributed by atoms with van der Waals surface area (Å²) < 4.78 is 8.51. The van der Waals surface area contributed by atoms with E-state index in [0.29, 0.717) is 0 Å². The Hall–Kier alpha value is -8.40. The maximum absolute atomic E-state index is 6.15. The Balaban J connectivity index is 0.936. The van der Waals surface area contributed by atoms with Crippen molar-refractivity contribution in [1.82, 2.24) is 4.57 Å². The van der Waals surface area contributed by atoms with Gasteiger partial charge in [0.2, 0.25) is 0 Å². The highest BCUT2D eigenvalue weighted by atomic mass is 16.3. The normalized spacial score (nSPS) is 11.5. The van der Waals surface area contributed by atoms with Crippen LogP contribution in [0.3, 0.4) is 0 Å². The van der Waals surface area contributed by atoms with E-state index in [1.807, 2.05) is 12.1 Å². The number of para-hydroxylation sites is 3. The fourth-order valence-electron chi connectivity index (χ4n) is 9.28. The summed E-state index contributed by atoms with van der Waals surface area (Å²) in [5.41, 5.74) is 18.0. The molecule has 0 amide bonds. The highest BCUT2D eigenvalue weighted by molar-refractivity contribution is 6.10. The van der Waals surface area contributed by atoms with Gasteiger partial charge < -0.3 is 13.9 Å². The predicted molar refractivity (Wildman–Crippen MR) is 264 cm³/mol.